The van der Waals surface area contributed by atoms with Crippen molar-refractivity contribution in [2.75, 3.05) is 5.32 Å². The Morgan fingerprint density at radius 2 is 1.90 bits per heavy atom. The first kappa shape index (κ1) is 14.3. The Hall–Kier alpha value is -2.11. The normalized spacial score (nSPS) is 10.1. The molecule has 1 aromatic heterocycles. The van der Waals surface area contributed by atoms with Crippen molar-refractivity contribution in [2.45, 2.75) is 0 Å². The molecule has 0 bridgehead atoms. The van der Waals surface area contributed by atoms with E-state index in [1.54, 1.807) is 12.1 Å². The number of carbonyl (C=O) groups excluding carboxylic acids is 2. The Kier molecular flexibility index (Phi) is 4.22. The van der Waals surface area contributed by atoms with Gasteiger partial charge in [0.1, 0.15) is 5.69 Å². The smallest absolute Gasteiger partial charge is 0.267 e. The molecular weight excluding hydrogens is 301 g/mol. The molecule has 2 rings (SSSR count). The van der Waals surface area contributed by atoms with Gasteiger partial charge < -0.3 is 11.1 Å². The number of hydrogen-bond donors (Lipinski definition) is 2. The average molecular weight is 310 g/mol. The number of aromatic nitrogens is 1. The van der Waals surface area contributed by atoms with Gasteiger partial charge in [-0.05, 0) is 30.3 Å². The number of nitrogens with one attached hydrogen (secondary N) is 1. The van der Waals surface area contributed by atoms with Crippen molar-refractivity contribution in [1.29, 1.82) is 0 Å². The third kappa shape index (κ3) is 3.26. The highest BCUT2D eigenvalue weighted by Crippen LogP contribution is 2.25. The topological polar surface area (TPSA) is 85.1 Å². The summed E-state index contributed by atoms with van der Waals surface area (Å²) in [6.07, 6.45) is 1.26. The zero-order chi connectivity index (χ0) is 14.7. The molecule has 2 amide bonds. The Morgan fingerprint density at radius 3 is 2.45 bits per heavy atom. The molecule has 0 fully saturated rings. The molecule has 0 atom stereocenters. The summed E-state index contributed by atoms with van der Waals surface area (Å²) >= 11 is 11.7. The van der Waals surface area contributed by atoms with Crippen molar-refractivity contribution in [3.8, 4) is 0 Å². The molecule has 0 radical (unpaired) electrons. The molecule has 0 unspecified atom stereocenters. The SMILES string of the molecule is NC(=O)c1ccc(C(=O)Nc2ccc(Cl)cc2Cl)cn1. The van der Waals surface area contributed by atoms with Crippen molar-refractivity contribution in [3.05, 3.63) is 57.8 Å². The molecule has 0 aliphatic heterocycles. The monoisotopic (exact) mass is 309 g/mol. The first-order chi connectivity index (χ1) is 9.47. The van der Waals surface area contributed by atoms with Gasteiger partial charge in [0, 0.05) is 11.2 Å². The third-order valence-electron chi connectivity index (χ3n) is 2.46. The van der Waals surface area contributed by atoms with Gasteiger partial charge in [-0.15, -0.1) is 0 Å². The lowest BCUT2D eigenvalue weighted by atomic mass is 10.2. The van der Waals surface area contributed by atoms with Crippen LogP contribution in [0.3, 0.4) is 0 Å². The minimum absolute atomic E-state index is 0.0890. The summed E-state index contributed by atoms with van der Waals surface area (Å²) in [4.78, 5) is 26.6. The van der Waals surface area contributed by atoms with Gasteiger partial charge in [0.15, 0.2) is 0 Å². The number of halogens is 2. The number of primary amides is 1. The van der Waals surface area contributed by atoms with E-state index in [1.807, 2.05) is 0 Å². The van der Waals surface area contributed by atoms with Crippen molar-refractivity contribution in [2.24, 2.45) is 5.73 Å². The number of pyridine rings is 1. The van der Waals surface area contributed by atoms with E-state index in [2.05, 4.69) is 10.3 Å². The third-order valence-corrected chi connectivity index (χ3v) is 3.01. The van der Waals surface area contributed by atoms with E-state index in [0.717, 1.165) is 0 Å². The summed E-state index contributed by atoms with van der Waals surface area (Å²) in [7, 11) is 0. The van der Waals surface area contributed by atoms with Gasteiger partial charge in [-0.2, -0.15) is 0 Å². The van der Waals surface area contributed by atoms with Crippen molar-refractivity contribution in [1.82, 2.24) is 4.98 Å². The van der Waals surface area contributed by atoms with Crippen LogP contribution in [0.1, 0.15) is 20.8 Å². The van der Waals surface area contributed by atoms with E-state index in [9.17, 15) is 9.59 Å². The Balaban J connectivity index is 2.17. The Morgan fingerprint density at radius 1 is 1.15 bits per heavy atom. The Labute approximate surface area is 124 Å². The Bertz CT molecular complexity index is 672. The summed E-state index contributed by atoms with van der Waals surface area (Å²) in [6, 6.07) is 7.55. The lowest BCUT2D eigenvalue weighted by Crippen LogP contribution is -2.16. The van der Waals surface area contributed by atoms with Crippen LogP contribution in [-0.2, 0) is 0 Å². The van der Waals surface area contributed by atoms with Gasteiger partial charge in [0.2, 0.25) is 0 Å². The fraction of sp³-hybridized carbons (Fsp3) is 0. The van der Waals surface area contributed by atoms with Crippen LogP contribution in [0.5, 0.6) is 0 Å². The second-order valence-electron chi connectivity index (χ2n) is 3.87. The molecule has 0 spiro atoms. The molecule has 2 aromatic rings. The second kappa shape index (κ2) is 5.90. The van der Waals surface area contributed by atoms with E-state index in [-0.39, 0.29) is 11.3 Å². The van der Waals surface area contributed by atoms with Crippen LogP contribution in [-0.4, -0.2) is 16.8 Å². The fourth-order valence-corrected chi connectivity index (χ4v) is 1.92. The fourth-order valence-electron chi connectivity index (χ4n) is 1.46. The molecule has 0 aliphatic rings. The van der Waals surface area contributed by atoms with Gasteiger partial charge in [0.05, 0.1) is 16.3 Å². The quantitative estimate of drug-likeness (QED) is 0.914. The minimum atomic E-state index is -0.655. The number of anilines is 1. The molecule has 5 nitrogen and oxygen atoms in total. The van der Waals surface area contributed by atoms with Crippen LogP contribution in [0, 0.1) is 0 Å². The molecule has 1 heterocycles. The number of amides is 2. The average Bonchev–Trinajstić information content (AvgIpc) is 2.42. The first-order valence-electron chi connectivity index (χ1n) is 5.49. The van der Waals surface area contributed by atoms with E-state index < -0.39 is 11.8 Å². The highest BCUT2D eigenvalue weighted by Gasteiger charge is 2.10. The number of rotatable bonds is 3. The molecule has 0 aliphatic carbocycles. The number of hydrogen-bond acceptors (Lipinski definition) is 3. The molecule has 102 valence electrons. The summed E-state index contributed by atoms with van der Waals surface area (Å²) in [5.74, 6) is -1.06. The van der Waals surface area contributed by atoms with Gasteiger partial charge in [-0.25, -0.2) is 0 Å². The van der Waals surface area contributed by atoms with Crippen LogP contribution < -0.4 is 11.1 Å². The van der Waals surface area contributed by atoms with E-state index in [0.29, 0.717) is 15.7 Å². The highest BCUT2D eigenvalue weighted by molar-refractivity contribution is 6.36. The maximum Gasteiger partial charge on any atom is 0.267 e. The largest absolute Gasteiger partial charge is 0.364 e. The van der Waals surface area contributed by atoms with E-state index >= 15 is 0 Å². The van der Waals surface area contributed by atoms with Crippen LogP contribution in [0.2, 0.25) is 10.0 Å². The highest BCUT2D eigenvalue weighted by atomic mass is 35.5. The molecular formula is C13H9Cl2N3O2. The van der Waals surface area contributed by atoms with E-state index in [1.165, 1.54) is 24.4 Å². The van der Waals surface area contributed by atoms with Crippen LogP contribution in [0.4, 0.5) is 5.69 Å². The van der Waals surface area contributed by atoms with E-state index in [4.69, 9.17) is 28.9 Å². The number of nitrogens with two attached hydrogens (primary N) is 1. The number of carbonyl (C=O) groups is 2. The molecule has 7 heteroatoms. The summed E-state index contributed by atoms with van der Waals surface area (Å²) < 4.78 is 0. The molecule has 1 aromatic carbocycles. The molecule has 20 heavy (non-hydrogen) atoms. The lowest BCUT2D eigenvalue weighted by Gasteiger charge is -2.07. The molecule has 3 N–H and O–H groups in total. The van der Waals surface area contributed by atoms with Crippen molar-refractivity contribution >= 4 is 40.7 Å². The van der Waals surface area contributed by atoms with Gasteiger partial charge in [-0.3, -0.25) is 14.6 Å². The van der Waals surface area contributed by atoms with Gasteiger partial charge in [0.25, 0.3) is 11.8 Å². The molecule has 0 saturated heterocycles. The standard InChI is InChI=1S/C13H9Cl2N3O2/c14-8-2-4-10(9(15)5-8)18-13(20)7-1-3-11(12(16)19)17-6-7/h1-6H,(H2,16,19)(H,18,20). The zero-order valence-electron chi connectivity index (χ0n) is 10.1. The van der Waals surface area contributed by atoms with Crippen LogP contribution in [0.15, 0.2) is 36.5 Å². The number of nitrogens with zero attached hydrogens (tertiary/aromatic N) is 1. The molecule has 0 saturated carbocycles. The van der Waals surface area contributed by atoms with Crippen molar-refractivity contribution in [3.63, 3.8) is 0 Å². The van der Waals surface area contributed by atoms with Gasteiger partial charge >= 0.3 is 0 Å². The number of benzene rings is 1. The minimum Gasteiger partial charge on any atom is -0.364 e. The first-order valence-corrected chi connectivity index (χ1v) is 6.25. The lowest BCUT2D eigenvalue weighted by molar-refractivity contribution is 0.0990. The van der Waals surface area contributed by atoms with Crippen LogP contribution >= 0.6 is 23.2 Å². The second-order valence-corrected chi connectivity index (χ2v) is 4.72. The maximum absolute atomic E-state index is 12.0. The predicted molar refractivity (Wildman–Crippen MR) is 77.2 cm³/mol. The van der Waals surface area contributed by atoms with Gasteiger partial charge in [-0.1, -0.05) is 23.2 Å². The van der Waals surface area contributed by atoms with Crippen LogP contribution in [0.25, 0.3) is 0 Å². The summed E-state index contributed by atoms with van der Waals surface area (Å²) in [5, 5.41) is 3.42. The zero-order valence-corrected chi connectivity index (χ0v) is 11.6. The predicted octanol–water partition coefficient (Wildman–Crippen LogP) is 2.74. The van der Waals surface area contributed by atoms with Crippen molar-refractivity contribution < 1.29 is 9.59 Å². The summed E-state index contributed by atoms with van der Waals surface area (Å²) in [6.45, 7) is 0. The maximum atomic E-state index is 12.0. The summed E-state index contributed by atoms with van der Waals surface area (Å²) in [5.41, 5.74) is 5.86.